The molecule has 1 fully saturated rings. The molecule has 0 bridgehead atoms. The van der Waals surface area contributed by atoms with Gasteiger partial charge in [0.15, 0.2) is 0 Å². The number of likely N-dealkylation sites (tertiary alicyclic amines) is 1. The molecule has 35 heavy (non-hydrogen) atoms. The lowest BCUT2D eigenvalue weighted by Crippen LogP contribution is -2.56. The second-order valence-corrected chi connectivity index (χ2v) is 8.55. The van der Waals surface area contributed by atoms with Gasteiger partial charge in [0.2, 0.25) is 29.5 Å². The normalized spacial score (nSPS) is 17.8. The molecular weight excluding hydrogens is 462 g/mol. The van der Waals surface area contributed by atoms with Crippen LogP contribution in [0.25, 0.3) is 0 Å². The van der Waals surface area contributed by atoms with Gasteiger partial charge < -0.3 is 43.6 Å². The van der Waals surface area contributed by atoms with Gasteiger partial charge in [-0.25, -0.2) is 4.79 Å². The Kier molecular flexibility index (Phi) is 12.7. The Balaban J connectivity index is 2.90. The molecule has 0 spiro atoms. The zero-order valence-electron chi connectivity index (χ0n) is 19.7. The zero-order chi connectivity index (χ0) is 26.5. The van der Waals surface area contributed by atoms with E-state index in [1.165, 1.54) is 4.90 Å². The molecule has 1 heterocycles. The fourth-order valence-corrected chi connectivity index (χ4v) is 3.79. The lowest BCUT2D eigenvalue weighted by atomic mass is 10.1. The minimum absolute atomic E-state index is 0.186. The van der Waals surface area contributed by atoms with Crippen molar-refractivity contribution in [2.75, 3.05) is 13.1 Å². The Labute approximate surface area is 203 Å². The molecule has 0 aromatic heterocycles. The van der Waals surface area contributed by atoms with Crippen LogP contribution >= 0.6 is 0 Å². The molecule has 11 N–H and O–H groups in total. The van der Waals surface area contributed by atoms with E-state index in [1.54, 1.807) is 0 Å². The van der Waals surface area contributed by atoms with Crippen LogP contribution in [0.1, 0.15) is 57.8 Å². The highest BCUT2D eigenvalue weighted by atomic mass is 16.4. The van der Waals surface area contributed by atoms with Crippen LogP contribution in [0.5, 0.6) is 0 Å². The molecule has 14 nitrogen and oxygen atoms in total. The highest BCUT2D eigenvalue weighted by Gasteiger charge is 2.37. The van der Waals surface area contributed by atoms with E-state index in [-0.39, 0.29) is 31.6 Å². The van der Waals surface area contributed by atoms with Gasteiger partial charge >= 0.3 is 5.97 Å². The fourth-order valence-electron chi connectivity index (χ4n) is 3.79. The van der Waals surface area contributed by atoms with E-state index in [0.717, 1.165) is 6.42 Å². The van der Waals surface area contributed by atoms with Crippen molar-refractivity contribution in [3.8, 4) is 0 Å². The Morgan fingerprint density at radius 1 is 0.914 bits per heavy atom. The van der Waals surface area contributed by atoms with Crippen molar-refractivity contribution in [3.05, 3.63) is 0 Å². The number of unbranched alkanes of at least 4 members (excludes halogenated alkanes) is 1. The third-order valence-electron chi connectivity index (χ3n) is 5.73. The third-order valence-corrected chi connectivity index (χ3v) is 5.73. The minimum atomic E-state index is -1.43. The summed E-state index contributed by atoms with van der Waals surface area (Å²) in [5.41, 5.74) is 21.7. The summed E-state index contributed by atoms with van der Waals surface area (Å²) in [4.78, 5) is 73.6. The Bertz CT molecular complexity index is 792. The number of aliphatic carboxylic acids is 1. The molecule has 0 aromatic rings. The highest BCUT2D eigenvalue weighted by Crippen LogP contribution is 2.20. The van der Waals surface area contributed by atoms with Crippen molar-refractivity contribution in [1.82, 2.24) is 15.5 Å². The maximum atomic E-state index is 13.0. The maximum absolute atomic E-state index is 13.0. The topological polar surface area (TPSA) is 254 Å². The van der Waals surface area contributed by atoms with Gasteiger partial charge in [-0.15, -0.1) is 0 Å². The molecular formula is C21H37N7O7. The third kappa shape index (κ3) is 10.3. The minimum Gasteiger partial charge on any atom is -0.480 e. The fraction of sp³-hybridized carbons (Fsp3) is 0.714. The SMILES string of the molecule is NCCCCC(N)C(=O)N1CCCC1C(=O)NC(CCC(N)=O)C(=O)NC(CCC(N)=O)C(=O)O. The summed E-state index contributed by atoms with van der Waals surface area (Å²) in [5, 5.41) is 14.1. The summed E-state index contributed by atoms with van der Waals surface area (Å²) < 4.78 is 0. The van der Waals surface area contributed by atoms with Crippen LogP contribution in [0.4, 0.5) is 0 Å². The number of carbonyl (C=O) groups is 6. The molecule has 4 atom stereocenters. The van der Waals surface area contributed by atoms with Crippen molar-refractivity contribution in [3.63, 3.8) is 0 Å². The van der Waals surface area contributed by atoms with Crippen molar-refractivity contribution in [2.45, 2.75) is 82.0 Å². The number of primary amides is 2. The number of nitrogens with zero attached hydrogens (tertiary/aromatic N) is 1. The average Bonchev–Trinajstić information content (AvgIpc) is 3.28. The molecule has 0 aromatic carbocycles. The Morgan fingerprint density at radius 2 is 1.51 bits per heavy atom. The first kappa shape index (κ1) is 29.8. The Morgan fingerprint density at radius 3 is 2.06 bits per heavy atom. The molecule has 1 aliphatic rings. The van der Waals surface area contributed by atoms with Crippen molar-refractivity contribution >= 4 is 35.5 Å². The standard InChI is InChI=1S/C21H37N7O7/c22-10-2-1-4-12(23)20(33)28-11-3-5-15(28)19(32)26-13(6-8-16(24)29)18(31)27-14(21(34)35)7-9-17(25)30/h12-15H,1-11,22-23H2,(H2,24,29)(H2,25,30)(H,26,32)(H,27,31)(H,34,35). The second-order valence-electron chi connectivity index (χ2n) is 8.55. The molecule has 0 aliphatic carbocycles. The molecule has 1 saturated heterocycles. The van der Waals surface area contributed by atoms with Crippen molar-refractivity contribution in [2.24, 2.45) is 22.9 Å². The molecule has 14 heteroatoms. The van der Waals surface area contributed by atoms with Gasteiger partial charge in [-0.2, -0.15) is 0 Å². The first-order valence-corrected chi connectivity index (χ1v) is 11.6. The van der Waals surface area contributed by atoms with Gasteiger partial charge in [0, 0.05) is 19.4 Å². The number of amides is 5. The molecule has 1 rings (SSSR count). The quantitative estimate of drug-likeness (QED) is 0.107. The lowest BCUT2D eigenvalue weighted by molar-refractivity contribution is -0.143. The van der Waals surface area contributed by atoms with E-state index in [2.05, 4.69) is 10.6 Å². The lowest BCUT2D eigenvalue weighted by Gasteiger charge is -2.28. The first-order valence-electron chi connectivity index (χ1n) is 11.6. The molecule has 5 amide bonds. The number of hydrogen-bond acceptors (Lipinski definition) is 8. The van der Waals surface area contributed by atoms with Crippen LogP contribution in [0, 0.1) is 0 Å². The largest absolute Gasteiger partial charge is 0.480 e. The molecule has 0 radical (unpaired) electrons. The van der Waals surface area contributed by atoms with E-state index in [9.17, 15) is 33.9 Å². The predicted molar refractivity (Wildman–Crippen MR) is 124 cm³/mol. The second kappa shape index (κ2) is 14.9. The van der Waals surface area contributed by atoms with Crippen LogP contribution in [-0.2, 0) is 28.8 Å². The first-order chi connectivity index (χ1) is 16.5. The number of carboxylic acid groups (broad SMARTS) is 1. The molecule has 4 unspecified atom stereocenters. The summed E-state index contributed by atoms with van der Waals surface area (Å²) in [7, 11) is 0. The van der Waals surface area contributed by atoms with Gasteiger partial charge in [0.05, 0.1) is 6.04 Å². The Hall–Kier alpha value is -3.26. The summed E-state index contributed by atoms with van der Waals surface area (Å²) in [6, 6.07) is -4.37. The molecule has 198 valence electrons. The number of carboxylic acids is 1. The summed E-state index contributed by atoms with van der Waals surface area (Å²) in [6.45, 7) is 0.809. The monoisotopic (exact) mass is 499 g/mol. The van der Waals surface area contributed by atoms with Crippen molar-refractivity contribution in [1.29, 1.82) is 0 Å². The number of rotatable bonds is 16. The summed E-state index contributed by atoms with van der Waals surface area (Å²) in [5.74, 6) is -4.73. The van der Waals surface area contributed by atoms with Crippen LogP contribution < -0.4 is 33.6 Å². The highest BCUT2D eigenvalue weighted by molar-refractivity contribution is 5.94. The van der Waals surface area contributed by atoms with Crippen LogP contribution in [0.3, 0.4) is 0 Å². The van der Waals surface area contributed by atoms with E-state index < -0.39 is 53.8 Å². The van der Waals surface area contributed by atoms with Gasteiger partial charge in [0.25, 0.3) is 0 Å². The van der Waals surface area contributed by atoms with E-state index in [4.69, 9.17) is 22.9 Å². The van der Waals surface area contributed by atoms with Gasteiger partial charge in [-0.05, 0) is 45.1 Å². The van der Waals surface area contributed by atoms with Crippen LogP contribution in [0.15, 0.2) is 0 Å². The maximum Gasteiger partial charge on any atom is 0.326 e. The van der Waals surface area contributed by atoms with Crippen LogP contribution in [-0.4, -0.2) is 82.8 Å². The molecule has 1 aliphatic heterocycles. The zero-order valence-corrected chi connectivity index (χ0v) is 19.7. The van der Waals surface area contributed by atoms with Gasteiger partial charge in [-0.1, -0.05) is 6.42 Å². The van der Waals surface area contributed by atoms with E-state index in [1.807, 2.05) is 0 Å². The number of nitrogens with one attached hydrogen (secondary N) is 2. The summed E-state index contributed by atoms with van der Waals surface area (Å²) >= 11 is 0. The molecule has 0 saturated carbocycles. The summed E-state index contributed by atoms with van der Waals surface area (Å²) in [6.07, 6.45) is 1.76. The van der Waals surface area contributed by atoms with E-state index in [0.29, 0.717) is 38.8 Å². The number of carbonyl (C=O) groups excluding carboxylic acids is 5. The van der Waals surface area contributed by atoms with Crippen molar-refractivity contribution < 1.29 is 33.9 Å². The number of nitrogens with two attached hydrogens (primary N) is 4. The predicted octanol–water partition coefficient (Wildman–Crippen LogP) is -2.98. The van der Waals surface area contributed by atoms with Gasteiger partial charge in [0.1, 0.15) is 18.1 Å². The van der Waals surface area contributed by atoms with Crippen LogP contribution in [0.2, 0.25) is 0 Å². The average molecular weight is 500 g/mol. The van der Waals surface area contributed by atoms with E-state index >= 15 is 0 Å². The van der Waals surface area contributed by atoms with Gasteiger partial charge in [-0.3, -0.25) is 24.0 Å². The number of hydrogen-bond donors (Lipinski definition) is 7. The smallest absolute Gasteiger partial charge is 0.326 e.